The lowest BCUT2D eigenvalue weighted by Crippen LogP contribution is -2.47. The van der Waals surface area contributed by atoms with Crippen molar-refractivity contribution in [2.75, 3.05) is 66.8 Å². The Balaban J connectivity index is 3.23. The molecule has 0 aliphatic rings. The molecular weight excluding hydrogens is 414 g/mol. The molecule has 30 heavy (non-hydrogen) atoms. The summed E-state index contributed by atoms with van der Waals surface area (Å²) >= 11 is 0. The first-order valence-electron chi connectivity index (χ1n) is 9.50. The summed E-state index contributed by atoms with van der Waals surface area (Å²) in [6.45, 7) is 3.41. The van der Waals surface area contributed by atoms with E-state index in [1.54, 1.807) is 31.3 Å². The Labute approximate surface area is 179 Å². The van der Waals surface area contributed by atoms with Gasteiger partial charge in [-0.3, -0.25) is 4.90 Å². The number of sulfone groups is 1. The van der Waals surface area contributed by atoms with Crippen LogP contribution in [0.2, 0.25) is 0 Å². The number of carbonyl (C=O) groups is 1. The molecule has 0 bridgehead atoms. The standard InChI is InChI=1S/C20H33NO8S/c1-15-13-17(27-4)19(18(14-15)28-5)29-20(22)16(7-12-30(6,23)24)21(8-10-25-2)9-11-26-3/h13-14,16H,7-12H2,1-6H3. The Kier molecular flexibility index (Phi) is 11.1. The normalized spacial score (nSPS) is 12.6. The lowest BCUT2D eigenvalue weighted by Gasteiger charge is -2.30. The van der Waals surface area contributed by atoms with Crippen molar-refractivity contribution in [3.05, 3.63) is 17.7 Å². The van der Waals surface area contributed by atoms with Gasteiger partial charge in [-0.15, -0.1) is 0 Å². The monoisotopic (exact) mass is 447 g/mol. The molecule has 0 aliphatic carbocycles. The van der Waals surface area contributed by atoms with Gasteiger partial charge < -0.3 is 23.7 Å². The number of hydrogen-bond acceptors (Lipinski definition) is 9. The molecule has 0 aliphatic heterocycles. The summed E-state index contributed by atoms with van der Waals surface area (Å²) in [7, 11) is 2.77. The van der Waals surface area contributed by atoms with E-state index in [1.807, 2.05) is 6.92 Å². The van der Waals surface area contributed by atoms with Crippen molar-refractivity contribution in [3.8, 4) is 17.2 Å². The summed E-state index contributed by atoms with van der Waals surface area (Å²) in [6.07, 6.45) is 1.21. The van der Waals surface area contributed by atoms with Crippen LogP contribution in [-0.2, 0) is 24.1 Å². The molecule has 0 amide bonds. The Hall–Kier alpha value is -1.88. The molecule has 1 unspecified atom stereocenters. The maximum atomic E-state index is 13.2. The van der Waals surface area contributed by atoms with E-state index in [4.69, 9.17) is 23.7 Å². The van der Waals surface area contributed by atoms with Gasteiger partial charge in [0.2, 0.25) is 5.75 Å². The van der Waals surface area contributed by atoms with E-state index < -0.39 is 21.8 Å². The predicted octanol–water partition coefficient (Wildman–Crippen LogP) is 1.32. The lowest BCUT2D eigenvalue weighted by molar-refractivity contribution is -0.141. The van der Waals surface area contributed by atoms with Crippen LogP contribution >= 0.6 is 0 Å². The molecule has 10 heteroatoms. The third-order valence-electron chi connectivity index (χ3n) is 4.45. The van der Waals surface area contributed by atoms with Crippen molar-refractivity contribution in [3.63, 3.8) is 0 Å². The molecule has 0 radical (unpaired) electrons. The first-order chi connectivity index (χ1) is 14.2. The van der Waals surface area contributed by atoms with Crippen LogP contribution in [0.1, 0.15) is 12.0 Å². The van der Waals surface area contributed by atoms with Crippen molar-refractivity contribution in [1.29, 1.82) is 0 Å². The fourth-order valence-electron chi connectivity index (χ4n) is 2.90. The van der Waals surface area contributed by atoms with E-state index in [2.05, 4.69) is 0 Å². The van der Waals surface area contributed by atoms with Crippen LogP contribution in [0.4, 0.5) is 0 Å². The molecule has 1 aromatic rings. The van der Waals surface area contributed by atoms with Crippen LogP contribution in [-0.4, -0.2) is 92.1 Å². The second-order valence-electron chi connectivity index (χ2n) is 6.88. The van der Waals surface area contributed by atoms with Crippen LogP contribution in [0, 0.1) is 6.92 Å². The van der Waals surface area contributed by atoms with E-state index >= 15 is 0 Å². The zero-order chi connectivity index (χ0) is 22.7. The third-order valence-corrected chi connectivity index (χ3v) is 5.43. The van der Waals surface area contributed by atoms with Crippen molar-refractivity contribution in [2.45, 2.75) is 19.4 Å². The summed E-state index contributed by atoms with van der Waals surface area (Å²) < 4.78 is 50.1. The van der Waals surface area contributed by atoms with Crippen molar-refractivity contribution in [1.82, 2.24) is 4.90 Å². The molecule has 0 N–H and O–H groups in total. The second-order valence-corrected chi connectivity index (χ2v) is 9.14. The molecular formula is C20H33NO8S. The number of nitrogens with zero attached hydrogens (tertiary/aromatic N) is 1. The average Bonchev–Trinajstić information content (AvgIpc) is 2.69. The molecule has 172 valence electrons. The lowest BCUT2D eigenvalue weighted by atomic mass is 10.1. The van der Waals surface area contributed by atoms with Gasteiger partial charge in [-0.1, -0.05) is 0 Å². The molecule has 1 rings (SSSR count). The van der Waals surface area contributed by atoms with Crippen LogP contribution in [0.3, 0.4) is 0 Å². The molecule has 0 fully saturated rings. The van der Waals surface area contributed by atoms with Crippen LogP contribution in [0.25, 0.3) is 0 Å². The molecule has 0 heterocycles. The number of aryl methyl sites for hydroxylation is 1. The van der Waals surface area contributed by atoms with Crippen molar-refractivity contribution >= 4 is 15.8 Å². The van der Waals surface area contributed by atoms with E-state index in [0.29, 0.717) is 37.8 Å². The van der Waals surface area contributed by atoms with Gasteiger partial charge in [0.1, 0.15) is 15.9 Å². The van der Waals surface area contributed by atoms with E-state index in [-0.39, 0.29) is 17.9 Å². The second kappa shape index (κ2) is 12.7. The Morgan fingerprint density at radius 2 is 1.50 bits per heavy atom. The number of rotatable bonds is 14. The summed E-state index contributed by atoms with van der Waals surface area (Å²) in [6, 6.07) is 2.63. The number of hydrogen-bond donors (Lipinski definition) is 0. The highest BCUT2D eigenvalue weighted by Crippen LogP contribution is 2.38. The highest BCUT2D eigenvalue weighted by molar-refractivity contribution is 7.90. The van der Waals surface area contributed by atoms with Crippen LogP contribution in [0.15, 0.2) is 12.1 Å². The smallest absolute Gasteiger partial charge is 0.329 e. The summed E-state index contributed by atoms with van der Waals surface area (Å²) in [5, 5.41) is 0. The Morgan fingerprint density at radius 1 is 1.00 bits per heavy atom. The third kappa shape index (κ3) is 8.47. The van der Waals surface area contributed by atoms with Gasteiger partial charge in [0, 0.05) is 33.6 Å². The van der Waals surface area contributed by atoms with Gasteiger partial charge in [0.05, 0.1) is 33.2 Å². The summed E-state index contributed by atoms with van der Waals surface area (Å²) in [5.74, 6) is 0.0836. The quantitative estimate of drug-likeness (QED) is 0.309. The first kappa shape index (κ1) is 26.2. The van der Waals surface area contributed by atoms with Gasteiger partial charge in [-0.25, -0.2) is 13.2 Å². The van der Waals surface area contributed by atoms with Crippen molar-refractivity contribution < 1.29 is 36.9 Å². The molecule has 9 nitrogen and oxygen atoms in total. The number of ether oxygens (including phenoxy) is 5. The minimum Gasteiger partial charge on any atom is -0.493 e. The van der Waals surface area contributed by atoms with E-state index in [0.717, 1.165) is 11.8 Å². The number of esters is 1. The highest BCUT2D eigenvalue weighted by Gasteiger charge is 2.30. The zero-order valence-electron chi connectivity index (χ0n) is 18.6. The number of carbonyl (C=O) groups excluding carboxylic acids is 1. The van der Waals surface area contributed by atoms with Gasteiger partial charge >= 0.3 is 5.97 Å². The topological polar surface area (TPSA) is 101 Å². The number of methoxy groups -OCH3 is 4. The average molecular weight is 448 g/mol. The molecule has 0 spiro atoms. The minimum atomic E-state index is -3.28. The minimum absolute atomic E-state index is 0.0710. The molecule has 1 aromatic carbocycles. The van der Waals surface area contributed by atoms with E-state index in [9.17, 15) is 13.2 Å². The highest BCUT2D eigenvalue weighted by atomic mass is 32.2. The maximum absolute atomic E-state index is 13.2. The largest absolute Gasteiger partial charge is 0.493 e. The van der Waals surface area contributed by atoms with Gasteiger partial charge in [-0.05, 0) is 31.0 Å². The Bertz CT molecular complexity index is 748. The molecule has 0 saturated heterocycles. The SMILES string of the molecule is COCCN(CCOC)C(CCS(C)(=O)=O)C(=O)Oc1c(OC)cc(C)cc1OC. The summed E-state index contributed by atoms with van der Waals surface area (Å²) in [4.78, 5) is 15.0. The van der Waals surface area contributed by atoms with E-state index in [1.165, 1.54) is 14.2 Å². The van der Waals surface area contributed by atoms with Gasteiger partial charge in [0.15, 0.2) is 11.5 Å². The predicted molar refractivity (Wildman–Crippen MR) is 113 cm³/mol. The van der Waals surface area contributed by atoms with Crippen LogP contribution < -0.4 is 14.2 Å². The molecule has 0 aromatic heterocycles. The van der Waals surface area contributed by atoms with Crippen LogP contribution in [0.5, 0.6) is 17.2 Å². The number of benzene rings is 1. The Morgan fingerprint density at radius 3 is 1.90 bits per heavy atom. The molecule has 1 atom stereocenters. The first-order valence-corrected chi connectivity index (χ1v) is 11.6. The summed E-state index contributed by atoms with van der Waals surface area (Å²) in [5.41, 5.74) is 0.874. The fourth-order valence-corrected chi connectivity index (χ4v) is 3.55. The maximum Gasteiger partial charge on any atom is 0.329 e. The van der Waals surface area contributed by atoms with Gasteiger partial charge in [0.25, 0.3) is 0 Å². The van der Waals surface area contributed by atoms with Gasteiger partial charge in [-0.2, -0.15) is 0 Å². The molecule has 0 saturated carbocycles. The zero-order valence-corrected chi connectivity index (χ0v) is 19.4. The fraction of sp³-hybridized carbons (Fsp3) is 0.650. The van der Waals surface area contributed by atoms with Crippen molar-refractivity contribution in [2.24, 2.45) is 0 Å².